The van der Waals surface area contributed by atoms with Gasteiger partial charge in [0.1, 0.15) is 11.3 Å². The van der Waals surface area contributed by atoms with Gasteiger partial charge in [-0.15, -0.1) is 0 Å². The average molecular weight is 381 g/mol. The van der Waals surface area contributed by atoms with Crippen LogP contribution in [0.15, 0.2) is 30.6 Å². The molecule has 1 unspecified atom stereocenters. The number of nitrogens with zero attached hydrogens (tertiary/aromatic N) is 2. The maximum Gasteiger partial charge on any atom is 0.433 e. The quantitative estimate of drug-likeness (QED) is 0.807. The summed E-state index contributed by atoms with van der Waals surface area (Å²) in [6, 6.07) is 3.80. The van der Waals surface area contributed by atoms with Crippen molar-refractivity contribution in [2.45, 2.75) is 52.4 Å². The number of pyridine rings is 2. The Labute approximate surface area is 156 Å². The molecular weight excluding hydrogens is 359 g/mol. The lowest BCUT2D eigenvalue weighted by molar-refractivity contribution is -0.141. The zero-order valence-corrected chi connectivity index (χ0v) is 15.8. The Morgan fingerprint density at radius 1 is 1.19 bits per heavy atom. The third-order valence-electron chi connectivity index (χ3n) is 3.67. The first-order valence-electron chi connectivity index (χ1n) is 8.36. The summed E-state index contributed by atoms with van der Waals surface area (Å²) < 4.78 is 43.8. The molecule has 8 heteroatoms. The minimum atomic E-state index is -4.51. The van der Waals surface area contributed by atoms with Gasteiger partial charge in [-0.3, -0.25) is 9.97 Å². The minimum absolute atomic E-state index is 0.377. The fourth-order valence-electron chi connectivity index (χ4n) is 2.43. The van der Waals surface area contributed by atoms with E-state index in [4.69, 9.17) is 4.74 Å². The molecule has 0 saturated carbocycles. The third kappa shape index (κ3) is 5.67. The van der Waals surface area contributed by atoms with E-state index in [0.717, 1.165) is 17.8 Å². The number of hydrogen-bond acceptors (Lipinski definition) is 4. The summed E-state index contributed by atoms with van der Waals surface area (Å²) >= 11 is 0. The Balaban J connectivity index is 2.22. The second kappa shape index (κ2) is 7.54. The van der Waals surface area contributed by atoms with E-state index >= 15 is 0 Å². The van der Waals surface area contributed by atoms with Crippen LogP contribution in [0.1, 0.15) is 50.7 Å². The summed E-state index contributed by atoms with van der Waals surface area (Å²) in [6.07, 6.45) is -2.46. The molecule has 0 aliphatic carbocycles. The van der Waals surface area contributed by atoms with Gasteiger partial charge in [0.2, 0.25) is 0 Å². The molecule has 0 aliphatic rings. The first-order chi connectivity index (χ1) is 12.4. The zero-order chi connectivity index (χ0) is 20.4. The van der Waals surface area contributed by atoms with E-state index in [1.165, 1.54) is 12.3 Å². The number of alkyl carbamates (subject to hydrolysis) is 1. The van der Waals surface area contributed by atoms with Crippen LogP contribution in [0.25, 0.3) is 11.1 Å². The molecule has 0 spiro atoms. The molecule has 0 aliphatic heterocycles. The van der Waals surface area contributed by atoms with Crippen molar-refractivity contribution in [1.29, 1.82) is 0 Å². The van der Waals surface area contributed by atoms with Crippen LogP contribution in [0.2, 0.25) is 0 Å². The number of halogens is 3. The fraction of sp³-hybridized carbons (Fsp3) is 0.421. The summed E-state index contributed by atoms with van der Waals surface area (Å²) in [5.74, 6) is 0. The minimum Gasteiger partial charge on any atom is -0.444 e. The Kier molecular flexibility index (Phi) is 5.77. The Hall–Kier alpha value is -2.64. The lowest BCUT2D eigenvalue weighted by atomic mass is 10.0. The lowest BCUT2D eigenvalue weighted by Gasteiger charge is -2.22. The first-order valence-corrected chi connectivity index (χ1v) is 8.36. The number of carbonyl (C=O) groups excluding carboxylic acids is 1. The van der Waals surface area contributed by atoms with E-state index in [1.54, 1.807) is 40.7 Å². The van der Waals surface area contributed by atoms with Gasteiger partial charge in [-0.05, 0) is 63.9 Å². The zero-order valence-electron chi connectivity index (χ0n) is 15.8. The number of carbonyl (C=O) groups is 1. The Morgan fingerprint density at radius 2 is 1.85 bits per heavy atom. The van der Waals surface area contributed by atoms with Gasteiger partial charge in [0.15, 0.2) is 0 Å². The highest BCUT2D eigenvalue weighted by Gasteiger charge is 2.32. The normalized spacial score (nSPS) is 13.2. The highest BCUT2D eigenvalue weighted by Crippen LogP contribution is 2.31. The number of alkyl halides is 3. The van der Waals surface area contributed by atoms with Crippen molar-refractivity contribution in [2.75, 3.05) is 0 Å². The monoisotopic (exact) mass is 381 g/mol. The van der Waals surface area contributed by atoms with Crippen LogP contribution in [0.5, 0.6) is 0 Å². The molecule has 0 radical (unpaired) electrons. The molecule has 2 rings (SSSR count). The van der Waals surface area contributed by atoms with Gasteiger partial charge in [0.05, 0.1) is 11.7 Å². The van der Waals surface area contributed by atoms with E-state index in [9.17, 15) is 18.0 Å². The summed E-state index contributed by atoms with van der Waals surface area (Å²) in [4.78, 5) is 19.5. The van der Waals surface area contributed by atoms with Gasteiger partial charge < -0.3 is 10.1 Å². The number of nitrogens with one attached hydrogen (secondary N) is 1. The standard InChI is InChI=1S/C19H22F3N3O2/c1-11-8-15(12(2)25-17(26)27-18(3,4)5)24-10-14(11)13-6-7-23-16(9-13)19(20,21)22/h6-10,12H,1-5H3,(H,25,26). The van der Waals surface area contributed by atoms with E-state index in [0.29, 0.717) is 16.8 Å². The van der Waals surface area contributed by atoms with Crippen LogP contribution in [0.3, 0.4) is 0 Å². The van der Waals surface area contributed by atoms with Crippen LogP contribution in [-0.2, 0) is 10.9 Å². The third-order valence-corrected chi connectivity index (χ3v) is 3.67. The molecule has 0 aromatic carbocycles. The fourth-order valence-corrected chi connectivity index (χ4v) is 2.43. The number of amides is 1. The molecule has 2 aromatic heterocycles. The van der Waals surface area contributed by atoms with Crippen LogP contribution in [-0.4, -0.2) is 21.7 Å². The number of ether oxygens (including phenoxy) is 1. The molecule has 0 fully saturated rings. The van der Waals surface area contributed by atoms with Gasteiger partial charge in [-0.25, -0.2) is 4.79 Å². The molecule has 0 bridgehead atoms. The number of rotatable bonds is 3. The molecule has 2 heterocycles. The van der Waals surface area contributed by atoms with Gasteiger partial charge in [0, 0.05) is 18.0 Å². The highest BCUT2D eigenvalue weighted by atomic mass is 19.4. The largest absolute Gasteiger partial charge is 0.444 e. The Bertz CT molecular complexity index is 830. The molecule has 1 atom stereocenters. The van der Waals surface area contributed by atoms with Crippen LogP contribution < -0.4 is 5.32 Å². The highest BCUT2D eigenvalue weighted by molar-refractivity contribution is 5.69. The molecule has 27 heavy (non-hydrogen) atoms. The van der Waals surface area contributed by atoms with Crippen molar-refractivity contribution >= 4 is 6.09 Å². The maximum atomic E-state index is 12.9. The van der Waals surface area contributed by atoms with E-state index in [1.807, 2.05) is 0 Å². The van der Waals surface area contributed by atoms with Crippen LogP contribution in [0, 0.1) is 6.92 Å². The maximum absolute atomic E-state index is 12.9. The van der Waals surface area contributed by atoms with Crippen LogP contribution >= 0.6 is 0 Å². The van der Waals surface area contributed by atoms with E-state index < -0.39 is 29.6 Å². The summed E-state index contributed by atoms with van der Waals surface area (Å²) in [7, 11) is 0. The van der Waals surface area contributed by atoms with Gasteiger partial charge in [-0.2, -0.15) is 13.2 Å². The smallest absolute Gasteiger partial charge is 0.433 e. The summed E-state index contributed by atoms with van der Waals surface area (Å²) in [5.41, 5.74) is 0.680. The molecule has 146 valence electrons. The van der Waals surface area contributed by atoms with Crippen LogP contribution in [0.4, 0.5) is 18.0 Å². The SMILES string of the molecule is Cc1cc(C(C)NC(=O)OC(C)(C)C)ncc1-c1ccnc(C(F)(F)F)c1. The number of aryl methyl sites for hydroxylation is 1. The van der Waals surface area contributed by atoms with Crippen molar-refractivity contribution in [3.05, 3.63) is 47.5 Å². The first kappa shape index (κ1) is 20.7. The van der Waals surface area contributed by atoms with E-state index in [-0.39, 0.29) is 0 Å². The summed E-state index contributed by atoms with van der Waals surface area (Å²) in [6.45, 7) is 8.81. The van der Waals surface area contributed by atoms with Crippen molar-refractivity contribution in [1.82, 2.24) is 15.3 Å². The predicted molar refractivity (Wildman–Crippen MR) is 95.0 cm³/mol. The number of hydrogen-bond donors (Lipinski definition) is 1. The van der Waals surface area contributed by atoms with E-state index in [2.05, 4.69) is 15.3 Å². The topological polar surface area (TPSA) is 64.1 Å². The molecule has 0 saturated heterocycles. The van der Waals surface area contributed by atoms with Crippen molar-refractivity contribution in [2.24, 2.45) is 0 Å². The second-order valence-corrected chi connectivity index (χ2v) is 7.22. The molecule has 1 amide bonds. The predicted octanol–water partition coefficient (Wildman–Crippen LogP) is 5.06. The molecular formula is C19H22F3N3O2. The van der Waals surface area contributed by atoms with Gasteiger partial charge in [-0.1, -0.05) is 0 Å². The summed E-state index contributed by atoms with van der Waals surface area (Å²) in [5, 5.41) is 2.69. The van der Waals surface area contributed by atoms with Gasteiger partial charge >= 0.3 is 12.3 Å². The van der Waals surface area contributed by atoms with Gasteiger partial charge in [0.25, 0.3) is 0 Å². The Morgan fingerprint density at radius 3 is 2.41 bits per heavy atom. The van der Waals surface area contributed by atoms with Crippen molar-refractivity contribution in [3.63, 3.8) is 0 Å². The lowest BCUT2D eigenvalue weighted by Crippen LogP contribution is -2.34. The molecule has 2 aromatic rings. The average Bonchev–Trinajstić information content (AvgIpc) is 2.52. The number of aromatic nitrogens is 2. The molecule has 5 nitrogen and oxygen atoms in total. The molecule has 1 N–H and O–H groups in total. The second-order valence-electron chi connectivity index (χ2n) is 7.22. The van der Waals surface area contributed by atoms with Crippen molar-refractivity contribution in [3.8, 4) is 11.1 Å². The van der Waals surface area contributed by atoms with Crippen molar-refractivity contribution < 1.29 is 22.7 Å².